The fourth-order valence-corrected chi connectivity index (χ4v) is 8.52. The van der Waals surface area contributed by atoms with Crippen LogP contribution >= 0.6 is 0 Å². The Bertz CT molecular complexity index is 2070. The Labute approximate surface area is 264 Å². The number of furan rings is 1. The van der Waals surface area contributed by atoms with Crippen molar-refractivity contribution in [3.63, 3.8) is 0 Å². The third kappa shape index (κ3) is 4.90. The summed E-state index contributed by atoms with van der Waals surface area (Å²) < 4.78 is 6.37. The number of para-hydroxylation sites is 1. The first-order chi connectivity index (χ1) is 22.0. The van der Waals surface area contributed by atoms with Crippen LogP contribution in [0.5, 0.6) is 0 Å². The molecule has 0 saturated heterocycles. The van der Waals surface area contributed by atoms with E-state index in [-0.39, 0.29) is 5.41 Å². The Morgan fingerprint density at radius 2 is 1.53 bits per heavy atom. The molecule has 2 saturated carbocycles. The Morgan fingerprint density at radius 3 is 2.29 bits per heavy atom. The Hall–Kier alpha value is -4.82. The molecule has 0 N–H and O–H groups in total. The highest BCUT2D eigenvalue weighted by Gasteiger charge is 2.45. The van der Waals surface area contributed by atoms with Gasteiger partial charge in [0.2, 0.25) is 0 Å². The highest BCUT2D eigenvalue weighted by atomic mass is 16.3. The fraction of sp³-hybridized carbons (Fsp3) is 0.300. The summed E-state index contributed by atoms with van der Waals surface area (Å²) in [5.41, 5.74) is 6.51. The molecule has 6 aromatic rings. The van der Waals surface area contributed by atoms with Gasteiger partial charge in [-0.15, -0.1) is 0 Å². The lowest BCUT2D eigenvalue weighted by atomic mass is 9.54. The van der Waals surface area contributed by atoms with Gasteiger partial charge in [0.05, 0.1) is 17.2 Å². The molecule has 2 aliphatic rings. The summed E-state index contributed by atoms with van der Waals surface area (Å²) in [5.74, 6) is 4.27. The molecular weight excluding hydrogens is 552 g/mol. The zero-order valence-corrected chi connectivity index (χ0v) is 25.8. The Balaban J connectivity index is 1.24. The van der Waals surface area contributed by atoms with Gasteiger partial charge in [-0.05, 0) is 85.1 Å². The number of benzene rings is 4. The normalized spacial score (nSPS) is 22.8. The van der Waals surface area contributed by atoms with Crippen molar-refractivity contribution in [3.05, 3.63) is 102 Å². The van der Waals surface area contributed by atoms with E-state index in [2.05, 4.69) is 44.2 Å². The van der Waals surface area contributed by atoms with Crippen LogP contribution in [0.2, 0.25) is 0 Å². The van der Waals surface area contributed by atoms with Gasteiger partial charge in [-0.1, -0.05) is 87.0 Å². The monoisotopic (exact) mass is 588 g/mol. The molecule has 45 heavy (non-hydrogen) atoms. The van der Waals surface area contributed by atoms with Crippen molar-refractivity contribution in [2.45, 2.75) is 57.8 Å². The number of rotatable bonds is 5. The molecule has 1 unspecified atom stereocenters. The van der Waals surface area contributed by atoms with Crippen LogP contribution in [-0.4, -0.2) is 15.0 Å². The van der Waals surface area contributed by atoms with Crippen LogP contribution < -0.4 is 0 Å². The Kier molecular flexibility index (Phi) is 6.75. The van der Waals surface area contributed by atoms with Crippen molar-refractivity contribution in [2.75, 3.05) is 0 Å². The average Bonchev–Trinajstić information content (AvgIpc) is 3.46. The average molecular weight is 589 g/mol. The van der Waals surface area contributed by atoms with E-state index in [9.17, 15) is 5.26 Å². The van der Waals surface area contributed by atoms with E-state index in [1.165, 1.54) is 44.1 Å². The number of nitrogens with zero attached hydrogens (tertiary/aromatic N) is 4. The Morgan fingerprint density at radius 1 is 0.778 bits per heavy atom. The number of hydrogen-bond donors (Lipinski definition) is 0. The zero-order chi connectivity index (χ0) is 30.5. The van der Waals surface area contributed by atoms with E-state index >= 15 is 0 Å². The molecule has 2 bridgehead atoms. The molecule has 2 aromatic heterocycles. The molecule has 5 heteroatoms. The largest absolute Gasteiger partial charge is 0.455 e. The van der Waals surface area contributed by atoms with Gasteiger partial charge in [0.25, 0.3) is 0 Å². The number of fused-ring (bicyclic) bond motifs is 5. The third-order valence-corrected chi connectivity index (χ3v) is 10.4. The highest BCUT2D eigenvalue weighted by molar-refractivity contribution is 6.09. The van der Waals surface area contributed by atoms with Gasteiger partial charge in [0.15, 0.2) is 17.5 Å². The van der Waals surface area contributed by atoms with Crippen molar-refractivity contribution in [1.29, 1.82) is 5.26 Å². The van der Waals surface area contributed by atoms with E-state index in [0.29, 0.717) is 28.6 Å². The molecule has 0 radical (unpaired) electrons. The van der Waals surface area contributed by atoms with Gasteiger partial charge in [0, 0.05) is 21.9 Å². The molecular formula is C40H36N4O. The summed E-state index contributed by atoms with van der Waals surface area (Å²) >= 11 is 0. The summed E-state index contributed by atoms with van der Waals surface area (Å²) in [6.07, 6.45) is 7.95. The molecule has 222 valence electrons. The maximum Gasteiger partial charge on any atom is 0.167 e. The molecule has 4 atom stereocenters. The highest BCUT2D eigenvalue weighted by Crippen LogP contribution is 2.54. The first-order valence-corrected chi connectivity index (χ1v) is 16.3. The van der Waals surface area contributed by atoms with Gasteiger partial charge in [-0.3, -0.25) is 0 Å². The summed E-state index contributed by atoms with van der Waals surface area (Å²) in [5, 5.41) is 11.3. The van der Waals surface area contributed by atoms with Crippen molar-refractivity contribution in [3.8, 4) is 40.2 Å². The van der Waals surface area contributed by atoms with Crippen molar-refractivity contribution >= 4 is 21.9 Å². The summed E-state index contributed by atoms with van der Waals surface area (Å²) in [6.45, 7) is 4.81. The number of aromatic nitrogens is 3. The van der Waals surface area contributed by atoms with Crippen LogP contribution in [0.15, 0.2) is 95.4 Å². The molecule has 2 aliphatic carbocycles. The summed E-state index contributed by atoms with van der Waals surface area (Å²) in [6, 6.07) is 33.0. The molecule has 0 spiro atoms. The SMILES string of the molecule is CC[C@@H]1C[C@@H]2C[C@H](C)CC(c3ccc(-c4nc(-c5ccccc5)nc(-c5cccc6c5oc5ccc(C#N)cc56)n4)cc3)(C1)C2. The van der Waals surface area contributed by atoms with E-state index in [0.717, 1.165) is 50.8 Å². The van der Waals surface area contributed by atoms with Crippen LogP contribution in [-0.2, 0) is 5.41 Å². The minimum Gasteiger partial charge on any atom is -0.455 e. The second kappa shape index (κ2) is 11.0. The quantitative estimate of drug-likeness (QED) is 0.200. The number of nitriles is 1. The van der Waals surface area contributed by atoms with Crippen LogP contribution in [0.4, 0.5) is 0 Å². The maximum atomic E-state index is 9.48. The minimum atomic E-state index is 0.279. The zero-order valence-electron chi connectivity index (χ0n) is 25.8. The standard InChI is InChI=1S/C40H36N4O/c1-3-26-19-28-18-25(2)21-40(22-26,23-28)31-15-13-30(14-16-31)38-42-37(29-8-5-4-6-9-29)43-39(44-38)33-11-7-10-32-34-20-27(24-41)12-17-35(34)45-36(32)33/h4-17,20,25-26,28H,3,18-19,21-23H2,1-2H3/t25-,26+,28-,40?/m0/s1. The first-order valence-electron chi connectivity index (χ1n) is 16.3. The minimum absolute atomic E-state index is 0.279. The lowest BCUT2D eigenvalue weighted by molar-refractivity contribution is 0.0702. The molecule has 5 nitrogen and oxygen atoms in total. The van der Waals surface area contributed by atoms with E-state index in [1.54, 1.807) is 6.07 Å². The van der Waals surface area contributed by atoms with Crippen LogP contribution in [0.25, 0.3) is 56.1 Å². The van der Waals surface area contributed by atoms with Gasteiger partial charge in [-0.25, -0.2) is 15.0 Å². The molecule has 2 heterocycles. The van der Waals surface area contributed by atoms with Crippen LogP contribution in [0.1, 0.15) is 63.5 Å². The van der Waals surface area contributed by atoms with E-state index in [4.69, 9.17) is 19.4 Å². The van der Waals surface area contributed by atoms with Crippen LogP contribution in [0, 0.1) is 29.1 Å². The first kappa shape index (κ1) is 27.7. The summed E-state index contributed by atoms with van der Waals surface area (Å²) in [4.78, 5) is 15.0. The van der Waals surface area contributed by atoms with Crippen molar-refractivity contribution < 1.29 is 4.42 Å². The molecule has 0 aliphatic heterocycles. The molecule has 8 rings (SSSR count). The predicted molar refractivity (Wildman–Crippen MR) is 179 cm³/mol. The van der Waals surface area contributed by atoms with E-state index < -0.39 is 0 Å². The van der Waals surface area contributed by atoms with Crippen LogP contribution in [0.3, 0.4) is 0 Å². The van der Waals surface area contributed by atoms with Crippen molar-refractivity contribution in [2.24, 2.45) is 17.8 Å². The summed E-state index contributed by atoms with van der Waals surface area (Å²) in [7, 11) is 0. The smallest absolute Gasteiger partial charge is 0.167 e. The van der Waals surface area contributed by atoms with E-state index in [1.807, 2.05) is 60.7 Å². The lowest BCUT2D eigenvalue weighted by Crippen LogP contribution is -2.42. The van der Waals surface area contributed by atoms with Crippen molar-refractivity contribution in [1.82, 2.24) is 15.0 Å². The molecule has 4 aromatic carbocycles. The second-order valence-corrected chi connectivity index (χ2v) is 13.5. The maximum absolute atomic E-state index is 9.48. The molecule has 2 fully saturated rings. The van der Waals surface area contributed by atoms with Gasteiger partial charge in [-0.2, -0.15) is 5.26 Å². The molecule has 0 amide bonds. The lowest BCUT2D eigenvalue weighted by Gasteiger charge is -2.51. The van der Waals surface area contributed by atoms with Gasteiger partial charge in [0.1, 0.15) is 11.2 Å². The predicted octanol–water partition coefficient (Wildman–Crippen LogP) is 10.1. The fourth-order valence-electron chi connectivity index (χ4n) is 8.52. The van der Waals surface area contributed by atoms with Gasteiger partial charge < -0.3 is 4.42 Å². The third-order valence-electron chi connectivity index (χ3n) is 10.4. The number of hydrogen-bond acceptors (Lipinski definition) is 5. The topological polar surface area (TPSA) is 75.6 Å². The second-order valence-electron chi connectivity index (χ2n) is 13.5. The van der Waals surface area contributed by atoms with Gasteiger partial charge >= 0.3 is 0 Å².